The number of hydrogen-bond donors (Lipinski definition) is 1. The highest BCUT2D eigenvalue weighted by Crippen LogP contribution is 2.29. The number of nitrogens with one attached hydrogen (secondary N) is 1. The second kappa shape index (κ2) is 5.63. The highest BCUT2D eigenvalue weighted by molar-refractivity contribution is 5.36. The molecule has 0 aliphatic carbocycles. The van der Waals surface area contributed by atoms with Crippen LogP contribution in [-0.2, 0) is 0 Å². The maximum atomic E-state index is 14.1. The lowest BCUT2D eigenvalue weighted by Gasteiger charge is -2.19. The summed E-state index contributed by atoms with van der Waals surface area (Å²) in [6.07, 6.45) is 0. The van der Waals surface area contributed by atoms with Crippen LogP contribution in [0.1, 0.15) is 22.7 Å². The van der Waals surface area contributed by atoms with Gasteiger partial charge in [0.25, 0.3) is 0 Å². The van der Waals surface area contributed by atoms with Crippen molar-refractivity contribution in [2.24, 2.45) is 0 Å². The van der Waals surface area contributed by atoms with Gasteiger partial charge in [0.1, 0.15) is 5.82 Å². The molecule has 1 atom stereocenters. The van der Waals surface area contributed by atoms with E-state index in [0.29, 0.717) is 5.56 Å². The maximum Gasteiger partial charge on any atom is 0.194 e. The molecule has 1 N–H and O–H groups in total. The second-order valence-corrected chi connectivity index (χ2v) is 4.46. The third kappa shape index (κ3) is 2.41. The van der Waals surface area contributed by atoms with Gasteiger partial charge in [0, 0.05) is 11.1 Å². The van der Waals surface area contributed by atoms with E-state index in [-0.39, 0.29) is 11.1 Å². The molecule has 0 aliphatic heterocycles. The lowest BCUT2D eigenvalue weighted by molar-refractivity contribution is 0.433. The van der Waals surface area contributed by atoms with E-state index in [1.807, 2.05) is 0 Å². The summed E-state index contributed by atoms with van der Waals surface area (Å²) >= 11 is 0. The van der Waals surface area contributed by atoms with Gasteiger partial charge >= 0.3 is 0 Å². The van der Waals surface area contributed by atoms with Crippen molar-refractivity contribution >= 4 is 0 Å². The van der Waals surface area contributed by atoms with E-state index in [4.69, 9.17) is 0 Å². The summed E-state index contributed by atoms with van der Waals surface area (Å²) in [7, 11) is 1.49. The van der Waals surface area contributed by atoms with Crippen LogP contribution in [0, 0.1) is 30.2 Å². The van der Waals surface area contributed by atoms with E-state index in [1.54, 1.807) is 19.1 Å². The molecule has 0 aliphatic rings. The molecule has 2 rings (SSSR count). The molecule has 0 bridgehead atoms. The molecule has 106 valence electrons. The standard InChI is InChI=1S/C15H13F4N/c1-8-4-3-5-9(12(8)17)15(20-2)10-6-7-11(16)14(19)13(10)18/h3-7,15,20H,1-2H3. The Hall–Kier alpha value is -1.88. The zero-order valence-corrected chi connectivity index (χ0v) is 11.0. The molecular weight excluding hydrogens is 270 g/mol. The smallest absolute Gasteiger partial charge is 0.194 e. The Balaban J connectivity index is 2.59. The Labute approximate surface area is 114 Å². The van der Waals surface area contributed by atoms with Crippen molar-refractivity contribution in [2.45, 2.75) is 13.0 Å². The molecule has 0 amide bonds. The van der Waals surface area contributed by atoms with Gasteiger partial charge < -0.3 is 5.32 Å². The van der Waals surface area contributed by atoms with Crippen molar-refractivity contribution in [3.8, 4) is 0 Å². The van der Waals surface area contributed by atoms with Crippen molar-refractivity contribution in [3.63, 3.8) is 0 Å². The minimum atomic E-state index is -1.56. The number of halogens is 4. The molecule has 2 aromatic rings. The first kappa shape index (κ1) is 14.5. The molecule has 0 spiro atoms. The zero-order chi connectivity index (χ0) is 14.9. The number of aryl methyl sites for hydroxylation is 1. The van der Waals surface area contributed by atoms with Gasteiger partial charge in [-0.1, -0.05) is 24.3 Å². The Bertz CT molecular complexity index is 640. The van der Waals surface area contributed by atoms with E-state index in [9.17, 15) is 17.6 Å². The third-order valence-corrected chi connectivity index (χ3v) is 3.20. The molecule has 1 unspecified atom stereocenters. The predicted molar refractivity (Wildman–Crippen MR) is 68.4 cm³/mol. The van der Waals surface area contributed by atoms with E-state index < -0.39 is 29.3 Å². The van der Waals surface area contributed by atoms with Crippen LogP contribution in [0.5, 0.6) is 0 Å². The van der Waals surface area contributed by atoms with Gasteiger partial charge in [0.15, 0.2) is 17.5 Å². The summed E-state index contributed by atoms with van der Waals surface area (Å²) in [4.78, 5) is 0. The average Bonchev–Trinajstić information content (AvgIpc) is 2.44. The van der Waals surface area contributed by atoms with Crippen LogP contribution < -0.4 is 5.32 Å². The Kier molecular flexibility index (Phi) is 4.09. The number of hydrogen-bond acceptors (Lipinski definition) is 1. The van der Waals surface area contributed by atoms with Crippen molar-refractivity contribution < 1.29 is 17.6 Å². The van der Waals surface area contributed by atoms with Crippen LogP contribution in [0.2, 0.25) is 0 Å². The first-order valence-corrected chi connectivity index (χ1v) is 6.03. The monoisotopic (exact) mass is 283 g/mol. The Morgan fingerprint density at radius 1 is 0.850 bits per heavy atom. The molecule has 2 aromatic carbocycles. The van der Waals surface area contributed by atoms with Crippen LogP contribution in [0.15, 0.2) is 30.3 Å². The molecule has 5 heteroatoms. The largest absolute Gasteiger partial charge is 0.309 e. The SMILES string of the molecule is CNC(c1cccc(C)c1F)c1ccc(F)c(F)c1F. The summed E-state index contributed by atoms with van der Waals surface area (Å²) in [6.45, 7) is 1.58. The van der Waals surface area contributed by atoms with Crippen molar-refractivity contribution in [1.82, 2.24) is 5.32 Å². The van der Waals surface area contributed by atoms with Crippen LogP contribution >= 0.6 is 0 Å². The summed E-state index contributed by atoms with van der Waals surface area (Å²) in [6, 6.07) is 5.71. The second-order valence-electron chi connectivity index (χ2n) is 4.46. The minimum absolute atomic E-state index is 0.143. The van der Waals surface area contributed by atoms with Crippen molar-refractivity contribution in [1.29, 1.82) is 0 Å². The maximum absolute atomic E-state index is 14.1. The summed E-state index contributed by atoms with van der Waals surface area (Å²) in [5.74, 6) is -4.65. The third-order valence-electron chi connectivity index (χ3n) is 3.20. The Morgan fingerprint density at radius 3 is 2.15 bits per heavy atom. The number of rotatable bonds is 3. The van der Waals surface area contributed by atoms with Crippen molar-refractivity contribution in [2.75, 3.05) is 7.05 Å². The lowest BCUT2D eigenvalue weighted by Crippen LogP contribution is -2.21. The Morgan fingerprint density at radius 2 is 1.50 bits per heavy atom. The molecule has 0 saturated carbocycles. The van der Waals surface area contributed by atoms with Crippen molar-refractivity contribution in [3.05, 3.63) is 70.3 Å². The van der Waals surface area contributed by atoms with E-state index in [2.05, 4.69) is 5.32 Å². The van der Waals surface area contributed by atoms with Gasteiger partial charge in [0.05, 0.1) is 6.04 Å². The fourth-order valence-electron chi connectivity index (χ4n) is 2.14. The zero-order valence-electron chi connectivity index (χ0n) is 11.0. The van der Waals surface area contributed by atoms with Crippen LogP contribution in [0.25, 0.3) is 0 Å². The molecule has 0 heterocycles. The van der Waals surface area contributed by atoms with Gasteiger partial charge in [-0.25, -0.2) is 17.6 Å². The molecule has 0 saturated heterocycles. The van der Waals surface area contributed by atoms with Crippen LogP contribution in [0.4, 0.5) is 17.6 Å². The minimum Gasteiger partial charge on any atom is -0.309 e. The topological polar surface area (TPSA) is 12.0 Å². The molecule has 0 fully saturated rings. The van der Waals surface area contributed by atoms with Gasteiger partial charge in [0.2, 0.25) is 0 Å². The van der Waals surface area contributed by atoms with Gasteiger partial charge in [-0.2, -0.15) is 0 Å². The normalized spacial score (nSPS) is 12.5. The molecular formula is C15H13F4N. The van der Waals surface area contributed by atoms with E-state index in [0.717, 1.165) is 12.1 Å². The lowest BCUT2D eigenvalue weighted by atomic mass is 9.96. The fourth-order valence-corrected chi connectivity index (χ4v) is 2.14. The number of benzene rings is 2. The summed E-state index contributed by atoms with van der Waals surface area (Å²) in [5, 5.41) is 2.72. The first-order valence-electron chi connectivity index (χ1n) is 6.03. The average molecular weight is 283 g/mol. The quantitative estimate of drug-likeness (QED) is 0.666. The van der Waals surface area contributed by atoms with Crippen LogP contribution in [0.3, 0.4) is 0 Å². The summed E-state index contributed by atoms with van der Waals surface area (Å²) in [5.41, 5.74) is 0.430. The molecule has 0 radical (unpaired) electrons. The van der Waals surface area contributed by atoms with E-state index >= 15 is 0 Å². The van der Waals surface area contributed by atoms with Crippen LogP contribution in [-0.4, -0.2) is 7.05 Å². The van der Waals surface area contributed by atoms with Gasteiger partial charge in [-0.3, -0.25) is 0 Å². The predicted octanol–water partition coefficient (Wildman–Crippen LogP) is 3.86. The molecule has 1 nitrogen and oxygen atoms in total. The molecule has 20 heavy (non-hydrogen) atoms. The molecule has 0 aromatic heterocycles. The van der Waals surface area contributed by atoms with Gasteiger partial charge in [-0.15, -0.1) is 0 Å². The fraction of sp³-hybridized carbons (Fsp3) is 0.200. The first-order chi connectivity index (χ1) is 9.47. The summed E-state index contributed by atoms with van der Waals surface area (Å²) < 4.78 is 54.2. The van der Waals surface area contributed by atoms with E-state index in [1.165, 1.54) is 13.1 Å². The van der Waals surface area contributed by atoms with Gasteiger partial charge in [-0.05, 0) is 25.6 Å². The highest BCUT2D eigenvalue weighted by atomic mass is 19.2. The highest BCUT2D eigenvalue weighted by Gasteiger charge is 2.23.